The zero-order valence-corrected chi connectivity index (χ0v) is 16.7. The van der Waals surface area contributed by atoms with Crippen molar-refractivity contribution in [3.63, 3.8) is 0 Å². The third-order valence-electron chi connectivity index (χ3n) is 3.50. The van der Waals surface area contributed by atoms with Gasteiger partial charge >= 0.3 is 0 Å². The average Bonchev–Trinajstić information content (AvgIpc) is 3.29. The number of anilines is 1. The van der Waals surface area contributed by atoms with Gasteiger partial charge in [-0.25, -0.2) is 8.42 Å². The molecule has 1 N–H and O–H groups in total. The Morgan fingerprint density at radius 2 is 2.04 bits per heavy atom. The average molecular weight is 434 g/mol. The van der Waals surface area contributed by atoms with Crippen LogP contribution in [0.5, 0.6) is 0 Å². The van der Waals surface area contributed by atoms with E-state index in [0.29, 0.717) is 22.2 Å². The second-order valence-electron chi connectivity index (χ2n) is 5.56. The highest BCUT2D eigenvalue weighted by Crippen LogP contribution is 2.19. The van der Waals surface area contributed by atoms with Gasteiger partial charge in [-0.05, 0) is 42.5 Å². The summed E-state index contributed by atoms with van der Waals surface area (Å²) in [7, 11) is -3.58. The van der Waals surface area contributed by atoms with Gasteiger partial charge in [0.2, 0.25) is 15.0 Å². The first kappa shape index (κ1) is 19.8. The molecule has 1 amide bonds. The molecule has 0 saturated heterocycles. The van der Waals surface area contributed by atoms with E-state index in [1.165, 1.54) is 6.08 Å². The summed E-state index contributed by atoms with van der Waals surface area (Å²) in [4.78, 5) is 16.1. The summed E-state index contributed by atoms with van der Waals surface area (Å²) in [5.74, 6) is -0.720. The van der Waals surface area contributed by atoms with Crippen molar-refractivity contribution in [3.05, 3.63) is 58.9 Å². The van der Waals surface area contributed by atoms with Crippen molar-refractivity contribution in [3.8, 4) is 11.8 Å². The number of amides is 1. The predicted octanol–water partition coefficient (Wildman–Crippen LogP) is 2.93. The third-order valence-corrected chi connectivity index (χ3v) is 5.35. The molecule has 11 heteroatoms. The number of hydrogen-bond donors (Lipinski definition) is 1. The number of rotatable bonds is 5. The molecule has 2 heterocycles. The van der Waals surface area contributed by atoms with Crippen LogP contribution in [0.25, 0.3) is 11.8 Å². The Labute approximate surface area is 169 Å². The molecule has 1 aromatic carbocycles. The van der Waals surface area contributed by atoms with Gasteiger partial charge in [-0.2, -0.15) is 14.6 Å². The first-order valence-corrected chi connectivity index (χ1v) is 10.7. The maximum Gasteiger partial charge on any atom is 0.268 e. The molecular weight excluding hydrogens is 422 g/mol. The molecule has 0 aliphatic rings. The number of aromatic nitrogens is 3. The maximum absolute atomic E-state index is 12.4. The summed E-state index contributed by atoms with van der Waals surface area (Å²) in [6.45, 7) is 0. The molecule has 0 fully saturated rings. The highest BCUT2D eigenvalue weighted by molar-refractivity contribution is 7.90. The Balaban J connectivity index is 1.86. The van der Waals surface area contributed by atoms with Gasteiger partial charge in [-0.1, -0.05) is 11.6 Å². The summed E-state index contributed by atoms with van der Waals surface area (Å²) >= 11 is 6.62. The van der Waals surface area contributed by atoms with Crippen LogP contribution in [0.1, 0.15) is 5.69 Å². The van der Waals surface area contributed by atoms with E-state index in [4.69, 9.17) is 11.6 Å². The number of halogens is 1. The molecule has 0 aliphatic carbocycles. The SMILES string of the molecule is CS(=O)(=O)c1nsc(NC(=O)/C(C#N)=C\c2cccn2-c2ccc(Cl)cc2)n1. The van der Waals surface area contributed by atoms with E-state index in [0.717, 1.165) is 11.9 Å². The molecule has 0 unspecified atom stereocenters. The van der Waals surface area contributed by atoms with Crippen molar-refractivity contribution >= 4 is 50.1 Å². The molecule has 8 nitrogen and oxygen atoms in total. The predicted molar refractivity (Wildman–Crippen MR) is 106 cm³/mol. The fraction of sp³-hybridized carbons (Fsp3) is 0.0588. The fourth-order valence-electron chi connectivity index (χ4n) is 2.22. The molecule has 0 spiro atoms. The second-order valence-corrected chi connectivity index (χ2v) is 8.66. The lowest BCUT2D eigenvalue weighted by molar-refractivity contribution is -0.112. The Bertz CT molecular complexity index is 1200. The van der Waals surface area contributed by atoms with Crippen LogP contribution in [0.3, 0.4) is 0 Å². The second kappa shape index (κ2) is 7.93. The summed E-state index contributed by atoms with van der Waals surface area (Å²) in [6.07, 6.45) is 4.17. The lowest BCUT2D eigenvalue weighted by atomic mass is 10.2. The minimum atomic E-state index is -3.58. The lowest BCUT2D eigenvalue weighted by Crippen LogP contribution is -2.13. The topological polar surface area (TPSA) is 118 Å². The number of nitriles is 1. The first-order chi connectivity index (χ1) is 13.3. The molecule has 3 aromatic rings. The first-order valence-electron chi connectivity index (χ1n) is 7.68. The van der Waals surface area contributed by atoms with Gasteiger partial charge in [0.05, 0.1) is 0 Å². The summed E-state index contributed by atoms with van der Waals surface area (Å²) in [6, 6.07) is 12.4. The number of carbonyl (C=O) groups is 1. The minimum Gasteiger partial charge on any atom is -0.317 e. The van der Waals surface area contributed by atoms with Gasteiger partial charge in [0.1, 0.15) is 11.6 Å². The highest BCUT2D eigenvalue weighted by Gasteiger charge is 2.17. The molecule has 0 aliphatic heterocycles. The number of benzene rings is 1. The van der Waals surface area contributed by atoms with Crippen LogP contribution in [0.2, 0.25) is 5.02 Å². The molecule has 142 valence electrons. The molecule has 0 atom stereocenters. The van der Waals surface area contributed by atoms with Gasteiger partial charge < -0.3 is 4.57 Å². The van der Waals surface area contributed by atoms with E-state index < -0.39 is 15.7 Å². The highest BCUT2D eigenvalue weighted by atomic mass is 35.5. The summed E-state index contributed by atoms with van der Waals surface area (Å²) < 4.78 is 28.3. The maximum atomic E-state index is 12.4. The van der Waals surface area contributed by atoms with Crippen LogP contribution < -0.4 is 5.32 Å². The van der Waals surface area contributed by atoms with Gasteiger partial charge in [0.25, 0.3) is 11.1 Å². The Morgan fingerprint density at radius 3 is 2.64 bits per heavy atom. The number of hydrogen-bond acceptors (Lipinski definition) is 7. The molecule has 0 saturated carbocycles. The van der Waals surface area contributed by atoms with Gasteiger partial charge in [-0.3, -0.25) is 10.1 Å². The summed E-state index contributed by atoms with van der Waals surface area (Å²) in [5.41, 5.74) is 1.23. The van der Waals surface area contributed by atoms with Crippen LogP contribution in [0.4, 0.5) is 5.13 Å². The van der Waals surface area contributed by atoms with E-state index in [1.807, 2.05) is 6.07 Å². The molecule has 2 aromatic heterocycles. The van der Waals surface area contributed by atoms with Crippen LogP contribution in [0.15, 0.2) is 53.3 Å². The van der Waals surface area contributed by atoms with Crippen molar-refractivity contribution in [1.29, 1.82) is 5.26 Å². The van der Waals surface area contributed by atoms with Gasteiger partial charge in [0, 0.05) is 40.4 Å². The normalized spacial score (nSPS) is 11.8. The van der Waals surface area contributed by atoms with Crippen molar-refractivity contribution in [2.24, 2.45) is 0 Å². The van der Waals surface area contributed by atoms with Crippen molar-refractivity contribution in [2.45, 2.75) is 5.16 Å². The molecule has 0 radical (unpaired) electrons. The van der Waals surface area contributed by atoms with Crippen LogP contribution >= 0.6 is 23.1 Å². The number of sulfone groups is 1. The van der Waals surface area contributed by atoms with E-state index in [1.54, 1.807) is 47.2 Å². The lowest BCUT2D eigenvalue weighted by Gasteiger charge is -2.07. The Kier molecular flexibility index (Phi) is 5.60. The van der Waals surface area contributed by atoms with Crippen LogP contribution in [-0.2, 0) is 14.6 Å². The fourth-order valence-corrected chi connectivity index (χ4v) is 3.79. The van der Waals surface area contributed by atoms with Gasteiger partial charge in [0.15, 0.2) is 0 Å². The van der Waals surface area contributed by atoms with E-state index in [2.05, 4.69) is 14.7 Å². The zero-order valence-electron chi connectivity index (χ0n) is 14.3. The largest absolute Gasteiger partial charge is 0.317 e. The number of nitrogens with one attached hydrogen (secondary N) is 1. The van der Waals surface area contributed by atoms with E-state index in [-0.39, 0.29) is 15.9 Å². The van der Waals surface area contributed by atoms with Crippen molar-refractivity contribution < 1.29 is 13.2 Å². The van der Waals surface area contributed by atoms with Crippen LogP contribution in [-0.4, -0.2) is 34.5 Å². The summed E-state index contributed by atoms with van der Waals surface area (Å²) in [5, 5.41) is 12.0. The zero-order chi connectivity index (χ0) is 20.3. The smallest absolute Gasteiger partial charge is 0.268 e. The third kappa shape index (κ3) is 4.45. The molecular formula is C17H12ClN5O3S2. The van der Waals surface area contributed by atoms with Gasteiger partial charge in [-0.15, -0.1) is 0 Å². The quantitative estimate of drug-likeness (QED) is 0.488. The van der Waals surface area contributed by atoms with E-state index in [9.17, 15) is 18.5 Å². The monoisotopic (exact) mass is 433 g/mol. The Hall–Kier alpha value is -3.00. The number of carbonyl (C=O) groups excluding carboxylic acids is 1. The standard InChI is InChI=1S/C17H12ClN5O3S2/c1-28(25,26)17-21-16(27-22-17)20-15(24)11(10-19)9-14-3-2-8-23(14)13-6-4-12(18)5-7-13/h2-9H,1H3,(H,20,21,22,24)/b11-9-. The number of nitrogens with zero attached hydrogens (tertiary/aromatic N) is 4. The molecule has 0 bridgehead atoms. The molecule has 3 rings (SSSR count). The van der Waals surface area contributed by atoms with E-state index >= 15 is 0 Å². The Morgan fingerprint density at radius 1 is 1.32 bits per heavy atom. The molecule has 28 heavy (non-hydrogen) atoms. The van der Waals surface area contributed by atoms with Crippen LogP contribution in [0, 0.1) is 11.3 Å². The minimum absolute atomic E-state index is 0.0142. The van der Waals surface area contributed by atoms with Crippen molar-refractivity contribution in [2.75, 3.05) is 11.6 Å². The van der Waals surface area contributed by atoms with Crippen molar-refractivity contribution in [1.82, 2.24) is 13.9 Å².